The molecule has 32 heavy (non-hydrogen) atoms. The Morgan fingerprint density at radius 3 is 2.41 bits per heavy atom. The number of anilines is 1. The molecule has 4 rings (SSSR count). The molecule has 1 heterocycles. The average Bonchev–Trinajstić information content (AvgIpc) is 2.78. The van der Waals surface area contributed by atoms with Gasteiger partial charge in [-0.05, 0) is 63.6 Å². The van der Waals surface area contributed by atoms with Crippen molar-refractivity contribution in [3.8, 4) is 22.5 Å². The second-order valence-corrected chi connectivity index (χ2v) is 7.84. The van der Waals surface area contributed by atoms with Gasteiger partial charge in [-0.1, -0.05) is 17.7 Å². The summed E-state index contributed by atoms with van der Waals surface area (Å²) >= 11 is 0. The molecule has 2 aliphatic rings. The van der Waals surface area contributed by atoms with Crippen LogP contribution in [0.15, 0.2) is 64.0 Å². The van der Waals surface area contributed by atoms with Crippen molar-refractivity contribution in [1.82, 2.24) is 0 Å². The molecule has 2 aromatic rings. The molecule has 164 valence electrons. The van der Waals surface area contributed by atoms with Gasteiger partial charge in [-0.2, -0.15) is 0 Å². The van der Waals surface area contributed by atoms with Crippen LogP contribution in [0.2, 0.25) is 0 Å². The van der Waals surface area contributed by atoms with Gasteiger partial charge in [-0.15, -0.1) is 0 Å². The number of aryl methyl sites for hydroxylation is 1. The first kappa shape index (κ1) is 21.6. The third-order valence-corrected chi connectivity index (χ3v) is 5.83. The molecule has 0 aromatic heterocycles. The second-order valence-electron chi connectivity index (χ2n) is 7.84. The number of rotatable bonds is 6. The summed E-state index contributed by atoms with van der Waals surface area (Å²) in [5.74, 6) is -0.251. The van der Waals surface area contributed by atoms with E-state index >= 15 is 0 Å². The van der Waals surface area contributed by atoms with E-state index in [2.05, 4.69) is 29.8 Å². The fourth-order valence-corrected chi connectivity index (χ4v) is 4.28. The van der Waals surface area contributed by atoms with Gasteiger partial charge in [0, 0.05) is 54.0 Å². The molecule has 0 radical (unpaired) electrons. The Bertz CT molecular complexity index is 1330. The summed E-state index contributed by atoms with van der Waals surface area (Å²) in [6.07, 6.45) is 0. The van der Waals surface area contributed by atoms with Crippen molar-refractivity contribution in [3.63, 3.8) is 0 Å². The van der Waals surface area contributed by atoms with E-state index in [1.165, 1.54) is 0 Å². The maximum Gasteiger partial charge on any atom is 0.336 e. The van der Waals surface area contributed by atoms with E-state index in [-0.39, 0.29) is 5.56 Å². The Morgan fingerprint density at radius 1 is 0.969 bits per heavy atom. The fraction of sp³-hybridized carbons (Fsp3) is 0.259. The molecule has 5 heteroatoms. The average molecular weight is 429 g/mol. The topological polar surface area (TPSA) is 66.0 Å². The highest BCUT2D eigenvalue weighted by Crippen LogP contribution is 2.42. The first-order chi connectivity index (χ1) is 15.5. The number of nitrogens with zero attached hydrogens (tertiary/aromatic N) is 2. The van der Waals surface area contributed by atoms with Crippen LogP contribution >= 0.6 is 0 Å². The smallest absolute Gasteiger partial charge is 0.336 e. The minimum absolute atomic E-state index is 0.286. The molecule has 0 saturated carbocycles. The SMILES string of the molecule is CC/N=c1\ccc2c(-c3ccc(C)cc3C(=O)O)c3ccc(N(CC)CC)cc3oc-2c1. The molecule has 0 atom stereocenters. The van der Waals surface area contributed by atoms with Crippen molar-refractivity contribution >= 4 is 22.6 Å². The predicted octanol–water partition coefficient (Wildman–Crippen LogP) is 5.98. The van der Waals surface area contributed by atoms with Crippen molar-refractivity contribution < 1.29 is 14.3 Å². The van der Waals surface area contributed by atoms with Crippen LogP contribution in [0.5, 0.6) is 0 Å². The molecule has 1 aliphatic heterocycles. The lowest BCUT2D eigenvalue weighted by Gasteiger charge is -2.22. The number of carboxylic acid groups (broad SMARTS) is 1. The first-order valence-electron chi connectivity index (χ1n) is 11.1. The lowest BCUT2D eigenvalue weighted by molar-refractivity contribution is 0.0697. The molecule has 0 amide bonds. The molecule has 0 fully saturated rings. The molecule has 5 nitrogen and oxygen atoms in total. The zero-order valence-electron chi connectivity index (χ0n) is 19.0. The van der Waals surface area contributed by atoms with Gasteiger partial charge in [-0.25, -0.2) is 4.79 Å². The van der Waals surface area contributed by atoms with E-state index < -0.39 is 5.97 Å². The van der Waals surface area contributed by atoms with Gasteiger partial charge in [0.05, 0.1) is 10.9 Å². The molecule has 1 aliphatic carbocycles. The Kier molecular flexibility index (Phi) is 5.99. The van der Waals surface area contributed by atoms with E-state index in [1.54, 1.807) is 6.07 Å². The van der Waals surface area contributed by atoms with Crippen LogP contribution in [0.4, 0.5) is 5.69 Å². The highest BCUT2D eigenvalue weighted by Gasteiger charge is 2.22. The van der Waals surface area contributed by atoms with E-state index in [0.29, 0.717) is 17.9 Å². The van der Waals surface area contributed by atoms with Gasteiger partial charge in [0.1, 0.15) is 11.3 Å². The standard InChI is InChI=1S/C27H28N2O3/c1-5-28-18-9-12-21-24(15-18)32-25-16-19(29(6-2)7-3)10-13-22(25)26(21)20-11-8-17(4)14-23(20)27(30)31/h8-16H,5-7H2,1-4H3,(H,30,31)/b28-18+. The molecular weight excluding hydrogens is 400 g/mol. The summed E-state index contributed by atoms with van der Waals surface area (Å²) in [4.78, 5) is 18.9. The highest BCUT2D eigenvalue weighted by atomic mass is 16.4. The predicted molar refractivity (Wildman–Crippen MR) is 130 cm³/mol. The third-order valence-electron chi connectivity index (χ3n) is 5.83. The maximum absolute atomic E-state index is 12.1. The van der Waals surface area contributed by atoms with Crippen molar-refractivity contribution in [3.05, 3.63) is 71.1 Å². The van der Waals surface area contributed by atoms with E-state index in [9.17, 15) is 9.90 Å². The summed E-state index contributed by atoms with van der Waals surface area (Å²) in [7, 11) is 0. The van der Waals surface area contributed by atoms with Crippen LogP contribution in [0.3, 0.4) is 0 Å². The number of hydrogen-bond donors (Lipinski definition) is 1. The molecule has 0 spiro atoms. The minimum Gasteiger partial charge on any atom is -0.478 e. The molecule has 0 unspecified atom stereocenters. The number of benzene rings is 3. The zero-order chi connectivity index (χ0) is 22.8. The van der Waals surface area contributed by atoms with E-state index in [1.807, 2.05) is 56.3 Å². The van der Waals surface area contributed by atoms with Gasteiger partial charge in [-0.3, -0.25) is 4.99 Å². The van der Waals surface area contributed by atoms with Crippen LogP contribution in [0, 0.1) is 6.92 Å². The van der Waals surface area contributed by atoms with Crippen molar-refractivity contribution in [2.24, 2.45) is 4.99 Å². The Hall–Kier alpha value is -3.60. The second kappa shape index (κ2) is 8.87. The van der Waals surface area contributed by atoms with Crippen LogP contribution in [0.1, 0.15) is 36.7 Å². The van der Waals surface area contributed by atoms with Crippen molar-refractivity contribution in [1.29, 1.82) is 0 Å². The van der Waals surface area contributed by atoms with Gasteiger partial charge in [0.15, 0.2) is 0 Å². The van der Waals surface area contributed by atoms with Gasteiger partial charge >= 0.3 is 5.97 Å². The van der Waals surface area contributed by atoms with Crippen LogP contribution in [-0.2, 0) is 0 Å². The molecular formula is C27H28N2O3. The van der Waals surface area contributed by atoms with Gasteiger partial charge in [0.2, 0.25) is 0 Å². The number of carboxylic acids is 1. The lowest BCUT2D eigenvalue weighted by atomic mass is 9.90. The summed E-state index contributed by atoms with van der Waals surface area (Å²) in [6.45, 7) is 10.6. The molecule has 2 aromatic carbocycles. The Labute approximate surface area is 188 Å². The summed E-state index contributed by atoms with van der Waals surface area (Å²) in [5.41, 5.74) is 5.42. The van der Waals surface area contributed by atoms with Crippen LogP contribution in [-0.4, -0.2) is 30.7 Å². The van der Waals surface area contributed by atoms with Crippen LogP contribution in [0.25, 0.3) is 33.4 Å². The molecule has 0 bridgehead atoms. The highest BCUT2D eigenvalue weighted by molar-refractivity contribution is 6.07. The monoisotopic (exact) mass is 428 g/mol. The zero-order valence-corrected chi connectivity index (χ0v) is 19.0. The van der Waals surface area contributed by atoms with Gasteiger partial charge in [0.25, 0.3) is 0 Å². The lowest BCUT2D eigenvalue weighted by Crippen LogP contribution is -2.21. The summed E-state index contributed by atoms with van der Waals surface area (Å²) in [5, 5.41) is 11.7. The van der Waals surface area contributed by atoms with Gasteiger partial charge < -0.3 is 14.4 Å². The summed E-state index contributed by atoms with van der Waals surface area (Å²) in [6, 6.07) is 17.6. The Balaban J connectivity index is 2.12. The first-order valence-corrected chi connectivity index (χ1v) is 11.1. The summed E-state index contributed by atoms with van der Waals surface area (Å²) < 4.78 is 6.37. The number of hydrogen-bond acceptors (Lipinski definition) is 4. The number of carbonyl (C=O) groups is 1. The van der Waals surface area contributed by atoms with E-state index in [4.69, 9.17) is 4.42 Å². The van der Waals surface area contributed by atoms with E-state index in [0.717, 1.165) is 51.8 Å². The van der Waals surface area contributed by atoms with Crippen molar-refractivity contribution in [2.75, 3.05) is 24.5 Å². The number of fused-ring (bicyclic) bond motifs is 2. The Morgan fingerprint density at radius 2 is 1.72 bits per heavy atom. The van der Waals surface area contributed by atoms with Crippen molar-refractivity contribution in [2.45, 2.75) is 27.7 Å². The minimum atomic E-state index is -0.942. The van der Waals surface area contributed by atoms with Crippen LogP contribution < -0.4 is 10.3 Å². The normalized spacial score (nSPS) is 11.9. The quantitative estimate of drug-likeness (QED) is 0.384. The third kappa shape index (κ3) is 3.86. The number of aromatic carboxylic acids is 1. The fourth-order valence-electron chi connectivity index (χ4n) is 4.28. The molecule has 1 N–H and O–H groups in total. The molecule has 0 saturated heterocycles. The largest absolute Gasteiger partial charge is 0.478 e. The maximum atomic E-state index is 12.1.